The van der Waals surface area contributed by atoms with Crippen LogP contribution in [0.25, 0.3) is 0 Å². The van der Waals surface area contributed by atoms with Crippen molar-refractivity contribution >= 4 is 43.2 Å². The first-order valence-electron chi connectivity index (χ1n) is 8.05. The van der Waals surface area contributed by atoms with Gasteiger partial charge in [-0.25, -0.2) is 8.42 Å². The topological polar surface area (TPSA) is 66.5 Å². The highest BCUT2D eigenvalue weighted by Gasteiger charge is 2.25. The summed E-state index contributed by atoms with van der Waals surface area (Å²) < 4.78 is 26.7. The minimum Gasteiger partial charge on any atom is -0.322 e. The van der Waals surface area contributed by atoms with E-state index >= 15 is 0 Å². The number of hydrogen-bond donors (Lipinski definition) is 1. The van der Waals surface area contributed by atoms with E-state index in [2.05, 4.69) is 21.2 Å². The van der Waals surface area contributed by atoms with Gasteiger partial charge in [0.25, 0.3) is 5.91 Å². The second-order valence-corrected chi connectivity index (χ2v) is 8.93. The molecule has 1 N–H and O–H groups in total. The van der Waals surface area contributed by atoms with Crippen molar-refractivity contribution < 1.29 is 13.2 Å². The predicted octanol–water partition coefficient (Wildman–Crippen LogP) is 3.94. The molecule has 1 saturated heterocycles. The van der Waals surface area contributed by atoms with Crippen LogP contribution >= 0.6 is 15.9 Å². The van der Waals surface area contributed by atoms with Gasteiger partial charge < -0.3 is 5.32 Å². The Morgan fingerprint density at radius 3 is 2.48 bits per heavy atom. The van der Waals surface area contributed by atoms with Crippen molar-refractivity contribution in [1.29, 1.82) is 0 Å². The molecule has 5 nitrogen and oxygen atoms in total. The molecule has 0 aliphatic carbocycles. The zero-order valence-electron chi connectivity index (χ0n) is 13.8. The Morgan fingerprint density at radius 1 is 1.12 bits per heavy atom. The van der Waals surface area contributed by atoms with Crippen LogP contribution in [-0.2, 0) is 10.0 Å². The molecule has 2 aromatic rings. The lowest BCUT2D eigenvalue weighted by atomic mass is 10.1. The number of nitrogens with one attached hydrogen (secondary N) is 1. The van der Waals surface area contributed by atoms with E-state index in [1.54, 1.807) is 24.3 Å². The Hall–Kier alpha value is -1.86. The van der Waals surface area contributed by atoms with Gasteiger partial charge in [0, 0.05) is 22.3 Å². The van der Waals surface area contributed by atoms with E-state index in [0.29, 0.717) is 29.9 Å². The van der Waals surface area contributed by atoms with E-state index in [4.69, 9.17) is 0 Å². The molecule has 0 atom stereocenters. The van der Waals surface area contributed by atoms with Crippen LogP contribution in [0.15, 0.2) is 46.9 Å². The summed E-state index contributed by atoms with van der Waals surface area (Å²) >= 11 is 3.43. The van der Waals surface area contributed by atoms with Gasteiger partial charge in [-0.1, -0.05) is 15.9 Å². The second kappa shape index (κ2) is 7.17. The fourth-order valence-electron chi connectivity index (χ4n) is 2.78. The van der Waals surface area contributed by atoms with Crippen molar-refractivity contribution in [2.45, 2.75) is 19.8 Å². The molecule has 1 fully saturated rings. The van der Waals surface area contributed by atoms with Crippen LogP contribution in [0.2, 0.25) is 0 Å². The summed E-state index contributed by atoms with van der Waals surface area (Å²) in [5.74, 6) is -0.0483. The maximum Gasteiger partial charge on any atom is 0.255 e. The van der Waals surface area contributed by atoms with E-state index in [1.165, 1.54) is 4.31 Å². The monoisotopic (exact) mass is 422 g/mol. The number of halogens is 1. The van der Waals surface area contributed by atoms with Crippen molar-refractivity contribution in [3.8, 4) is 0 Å². The summed E-state index contributed by atoms with van der Waals surface area (Å²) in [7, 11) is -3.24. The number of rotatable bonds is 3. The Kier molecular flexibility index (Phi) is 5.15. The summed E-state index contributed by atoms with van der Waals surface area (Å²) in [5.41, 5.74) is 2.84. The van der Waals surface area contributed by atoms with Crippen LogP contribution < -0.4 is 9.62 Å². The Morgan fingerprint density at radius 2 is 1.84 bits per heavy atom. The second-order valence-electron chi connectivity index (χ2n) is 6.06. The lowest BCUT2D eigenvalue weighted by Crippen LogP contribution is -2.37. The number of carbonyl (C=O) groups is 1. The number of sulfonamides is 1. The molecular formula is C18H19BrN2O3S. The Balaban J connectivity index is 1.75. The van der Waals surface area contributed by atoms with Gasteiger partial charge in [-0.2, -0.15) is 0 Å². The first-order valence-corrected chi connectivity index (χ1v) is 10.4. The first kappa shape index (κ1) is 17.9. The highest BCUT2D eigenvalue weighted by molar-refractivity contribution is 9.10. The van der Waals surface area contributed by atoms with Crippen LogP contribution in [0, 0.1) is 6.92 Å². The van der Waals surface area contributed by atoms with E-state index in [9.17, 15) is 13.2 Å². The predicted molar refractivity (Wildman–Crippen MR) is 104 cm³/mol. The SMILES string of the molecule is Cc1cc(NC(=O)c2ccc(N3CCCCS3(=O)=O)cc2)ccc1Br. The van der Waals surface area contributed by atoms with Crippen LogP contribution in [0.3, 0.4) is 0 Å². The number of carbonyl (C=O) groups excluding carboxylic acids is 1. The summed E-state index contributed by atoms with van der Waals surface area (Å²) in [5, 5.41) is 2.85. The molecule has 0 spiro atoms. The van der Waals surface area contributed by atoms with E-state index < -0.39 is 10.0 Å². The molecule has 0 saturated carbocycles. The quantitative estimate of drug-likeness (QED) is 0.814. The van der Waals surface area contributed by atoms with Gasteiger partial charge in [0.15, 0.2) is 0 Å². The fourth-order valence-corrected chi connectivity index (χ4v) is 4.67. The highest BCUT2D eigenvalue weighted by atomic mass is 79.9. The molecule has 0 bridgehead atoms. The lowest BCUT2D eigenvalue weighted by Gasteiger charge is -2.28. The smallest absolute Gasteiger partial charge is 0.255 e. The van der Waals surface area contributed by atoms with Crippen molar-refractivity contribution in [2.24, 2.45) is 0 Å². The number of amides is 1. The minimum atomic E-state index is -3.24. The maximum absolute atomic E-state index is 12.4. The molecule has 132 valence electrons. The van der Waals surface area contributed by atoms with Crippen molar-refractivity contribution in [2.75, 3.05) is 21.9 Å². The normalized spacial score (nSPS) is 16.5. The fraction of sp³-hybridized carbons (Fsp3) is 0.278. The minimum absolute atomic E-state index is 0.179. The van der Waals surface area contributed by atoms with Crippen LogP contribution in [-0.4, -0.2) is 26.6 Å². The third-order valence-electron chi connectivity index (χ3n) is 4.18. The van der Waals surface area contributed by atoms with E-state index in [-0.39, 0.29) is 11.7 Å². The zero-order chi connectivity index (χ0) is 18.0. The third kappa shape index (κ3) is 4.04. The molecule has 1 heterocycles. The average molecular weight is 423 g/mol. The third-order valence-corrected chi connectivity index (χ3v) is 6.94. The largest absolute Gasteiger partial charge is 0.322 e. The van der Waals surface area contributed by atoms with Gasteiger partial charge in [-0.3, -0.25) is 9.10 Å². The molecule has 1 aliphatic heterocycles. The molecular weight excluding hydrogens is 404 g/mol. The van der Waals surface area contributed by atoms with Gasteiger partial charge in [0.2, 0.25) is 10.0 Å². The summed E-state index contributed by atoms with van der Waals surface area (Å²) in [6, 6.07) is 12.3. The molecule has 3 rings (SSSR count). The summed E-state index contributed by atoms with van der Waals surface area (Å²) in [6.07, 6.45) is 1.55. The van der Waals surface area contributed by atoms with Gasteiger partial charge in [0.05, 0.1) is 11.4 Å². The van der Waals surface area contributed by atoms with Crippen LogP contribution in [0.4, 0.5) is 11.4 Å². The van der Waals surface area contributed by atoms with Gasteiger partial charge in [-0.05, 0) is 67.8 Å². The summed E-state index contributed by atoms with van der Waals surface area (Å²) in [4.78, 5) is 12.4. The molecule has 25 heavy (non-hydrogen) atoms. The molecule has 1 amide bonds. The average Bonchev–Trinajstić information content (AvgIpc) is 2.58. The molecule has 7 heteroatoms. The number of anilines is 2. The van der Waals surface area contributed by atoms with E-state index in [0.717, 1.165) is 16.5 Å². The molecule has 0 unspecified atom stereocenters. The van der Waals surface area contributed by atoms with E-state index in [1.807, 2.05) is 25.1 Å². The molecule has 0 aromatic heterocycles. The number of benzene rings is 2. The van der Waals surface area contributed by atoms with Gasteiger partial charge in [0.1, 0.15) is 0 Å². The molecule has 0 radical (unpaired) electrons. The maximum atomic E-state index is 12.4. The van der Waals surface area contributed by atoms with Crippen molar-refractivity contribution in [1.82, 2.24) is 0 Å². The van der Waals surface area contributed by atoms with Gasteiger partial charge >= 0.3 is 0 Å². The number of nitrogens with zero attached hydrogens (tertiary/aromatic N) is 1. The summed E-state index contributed by atoms with van der Waals surface area (Å²) in [6.45, 7) is 2.44. The number of hydrogen-bond acceptors (Lipinski definition) is 3. The Bertz CT molecular complexity index is 895. The molecule has 1 aliphatic rings. The molecule has 2 aromatic carbocycles. The zero-order valence-corrected chi connectivity index (χ0v) is 16.2. The van der Waals surface area contributed by atoms with Crippen LogP contribution in [0.5, 0.6) is 0 Å². The number of aryl methyl sites for hydroxylation is 1. The lowest BCUT2D eigenvalue weighted by molar-refractivity contribution is 0.102. The highest BCUT2D eigenvalue weighted by Crippen LogP contribution is 2.24. The standard InChI is InChI=1S/C18H19BrN2O3S/c1-13-12-15(6-9-17(13)19)20-18(22)14-4-7-16(8-5-14)21-10-2-3-11-25(21,23)24/h4-9,12H,2-3,10-11H2,1H3,(H,20,22). The van der Waals surface area contributed by atoms with Crippen LogP contribution in [0.1, 0.15) is 28.8 Å². The van der Waals surface area contributed by atoms with Crippen molar-refractivity contribution in [3.05, 3.63) is 58.1 Å². The Labute approximate surface area is 156 Å². The first-order chi connectivity index (χ1) is 11.9. The van der Waals surface area contributed by atoms with Crippen molar-refractivity contribution in [3.63, 3.8) is 0 Å². The van der Waals surface area contributed by atoms with Gasteiger partial charge in [-0.15, -0.1) is 0 Å².